The molecule has 1 aromatic rings. The Hall–Kier alpha value is -1.43. The molecule has 6 heteroatoms. The topological polar surface area (TPSA) is 59.5 Å². The minimum Gasteiger partial charge on any atom is -0.466 e. The van der Waals surface area contributed by atoms with E-state index in [4.69, 9.17) is 4.74 Å². The predicted molar refractivity (Wildman–Crippen MR) is 88.3 cm³/mol. The molecule has 1 aliphatic carbocycles. The Kier molecular flexibility index (Phi) is 4.99. The number of amides is 1. The number of piperidine rings is 1. The van der Waals surface area contributed by atoms with E-state index >= 15 is 0 Å². The van der Waals surface area contributed by atoms with Crippen molar-refractivity contribution in [3.05, 3.63) is 15.6 Å². The van der Waals surface area contributed by atoms with Crippen molar-refractivity contribution in [2.24, 2.45) is 11.8 Å². The van der Waals surface area contributed by atoms with Crippen molar-refractivity contribution in [2.45, 2.75) is 46.0 Å². The average molecular weight is 336 g/mol. The van der Waals surface area contributed by atoms with Crippen molar-refractivity contribution in [1.29, 1.82) is 0 Å². The van der Waals surface area contributed by atoms with Crippen molar-refractivity contribution < 1.29 is 14.3 Å². The van der Waals surface area contributed by atoms with Crippen molar-refractivity contribution >= 4 is 23.2 Å². The van der Waals surface area contributed by atoms with Crippen LogP contribution in [0.4, 0.5) is 0 Å². The summed E-state index contributed by atoms with van der Waals surface area (Å²) < 4.78 is 5.12. The number of aromatic nitrogens is 1. The largest absolute Gasteiger partial charge is 0.466 e. The summed E-state index contributed by atoms with van der Waals surface area (Å²) in [5, 5.41) is 1.09. The van der Waals surface area contributed by atoms with Crippen LogP contribution in [-0.2, 0) is 27.2 Å². The van der Waals surface area contributed by atoms with Crippen LogP contribution in [0, 0.1) is 18.8 Å². The maximum absolute atomic E-state index is 12.9. The number of nitrogens with zero attached hydrogens (tertiary/aromatic N) is 2. The lowest BCUT2D eigenvalue weighted by Gasteiger charge is -2.34. The second-order valence-corrected chi connectivity index (χ2v) is 7.71. The summed E-state index contributed by atoms with van der Waals surface area (Å²) in [4.78, 5) is 32.5. The van der Waals surface area contributed by atoms with Gasteiger partial charge in [0.1, 0.15) is 0 Å². The number of hydrogen-bond acceptors (Lipinski definition) is 5. The van der Waals surface area contributed by atoms with Crippen LogP contribution in [0.5, 0.6) is 0 Å². The van der Waals surface area contributed by atoms with Crippen molar-refractivity contribution in [3.8, 4) is 0 Å². The van der Waals surface area contributed by atoms with Crippen LogP contribution in [0.25, 0.3) is 0 Å². The summed E-state index contributed by atoms with van der Waals surface area (Å²) in [6.45, 7) is 5.52. The van der Waals surface area contributed by atoms with Crippen molar-refractivity contribution in [2.75, 3.05) is 19.7 Å². The second kappa shape index (κ2) is 6.99. The number of rotatable bonds is 3. The molecule has 1 fully saturated rings. The number of hydrogen-bond donors (Lipinski definition) is 0. The van der Waals surface area contributed by atoms with Crippen LogP contribution >= 0.6 is 11.3 Å². The third-order valence-electron chi connectivity index (χ3n) is 4.75. The summed E-state index contributed by atoms with van der Waals surface area (Å²) in [7, 11) is 0. The van der Waals surface area contributed by atoms with Crippen LogP contribution in [0.15, 0.2) is 0 Å². The molecule has 2 aliphatic rings. The van der Waals surface area contributed by atoms with Crippen molar-refractivity contribution in [1.82, 2.24) is 9.88 Å². The highest BCUT2D eigenvalue weighted by Crippen LogP contribution is 2.31. The second-order valence-electron chi connectivity index (χ2n) is 6.42. The Labute approximate surface area is 141 Å². The van der Waals surface area contributed by atoms with Crippen LogP contribution < -0.4 is 0 Å². The molecule has 0 saturated carbocycles. The van der Waals surface area contributed by atoms with Crippen molar-refractivity contribution in [3.63, 3.8) is 0 Å². The fraction of sp³-hybridized carbons (Fsp3) is 0.706. The minimum atomic E-state index is -0.158. The van der Waals surface area contributed by atoms with Gasteiger partial charge in [0.25, 0.3) is 0 Å². The Morgan fingerprint density at radius 3 is 2.96 bits per heavy atom. The first-order valence-electron chi connectivity index (χ1n) is 8.49. The molecular weight excluding hydrogens is 312 g/mol. The predicted octanol–water partition coefficient (Wildman–Crippen LogP) is 2.36. The average Bonchev–Trinajstić information content (AvgIpc) is 2.93. The molecule has 0 N–H and O–H groups in total. The fourth-order valence-electron chi connectivity index (χ4n) is 3.60. The molecule has 2 unspecified atom stereocenters. The molecule has 0 bridgehead atoms. The van der Waals surface area contributed by atoms with E-state index in [0.29, 0.717) is 13.2 Å². The third kappa shape index (κ3) is 3.57. The number of fused-ring (bicyclic) bond motifs is 1. The zero-order valence-electron chi connectivity index (χ0n) is 13.8. The van der Waals surface area contributed by atoms with E-state index in [2.05, 4.69) is 4.98 Å². The van der Waals surface area contributed by atoms with Gasteiger partial charge in [-0.2, -0.15) is 0 Å². The maximum atomic E-state index is 12.9. The van der Waals surface area contributed by atoms with Gasteiger partial charge in [-0.3, -0.25) is 9.59 Å². The molecule has 23 heavy (non-hydrogen) atoms. The summed E-state index contributed by atoms with van der Waals surface area (Å²) in [5.74, 6) is -0.0644. The number of thiazole rings is 1. The van der Waals surface area contributed by atoms with Gasteiger partial charge in [-0.05, 0) is 46.0 Å². The molecule has 1 saturated heterocycles. The normalized spacial score (nSPS) is 24.2. The number of carbonyl (C=O) groups is 2. The van der Waals surface area contributed by atoms with Gasteiger partial charge in [-0.1, -0.05) is 0 Å². The first-order chi connectivity index (χ1) is 11.1. The summed E-state index contributed by atoms with van der Waals surface area (Å²) >= 11 is 1.71. The van der Waals surface area contributed by atoms with Gasteiger partial charge in [0, 0.05) is 23.9 Å². The molecule has 2 atom stereocenters. The lowest BCUT2D eigenvalue weighted by Crippen LogP contribution is -2.46. The SMILES string of the molecule is CCOC(=O)C1CCCN(C(=O)C2CCc3nc(C)sc3C2)C1. The first-order valence-corrected chi connectivity index (χ1v) is 9.30. The summed E-state index contributed by atoms with van der Waals surface area (Å²) in [6, 6.07) is 0. The maximum Gasteiger partial charge on any atom is 0.310 e. The molecule has 0 radical (unpaired) electrons. The lowest BCUT2D eigenvalue weighted by atomic mass is 9.88. The lowest BCUT2D eigenvalue weighted by molar-refractivity contribution is -0.152. The molecule has 126 valence electrons. The van der Waals surface area contributed by atoms with E-state index in [0.717, 1.165) is 43.7 Å². The van der Waals surface area contributed by atoms with E-state index in [1.807, 2.05) is 18.7 Å². The molecule has 2 heterocycles. The van der Waals surface area contributed by atoms with Gasteiger partial charge in [0.05, 0.1) is 23.2 Å². The Morgan fingerprint density at radius 2 is 2.17 bits per heavy atom. The standard InChI is InChI=1S/C17H24N2O3S/c1-3-22-17(21)13-5-4-8-19(10-13)16(20)12-6-7-14-15(9-12)23-11(2)18-14/h12-13H,3-10H2,1-2H3. The quantitative estimate of drug-likeness (QED) is 0.795. The smallest absolute Gasteiger partial charge is 0.310 e. The van der Waals surface area contributed by atoms with Gasteiger partial charge in [-0.25, -0.2) is 4.98 Å². The van der Waals surface area contributed by atoms with Crippen LogP contribution in [0.2, 0.25) is 0 Å². The van der Waals surface area contributed by atoms with E-state index < -0.39 is 0 Å². The molecule has 0 aromatic carbocycles. The monoisotopic (exact) mass is 336 g/mol. The number of esters is 1. The highest BCUT2D eigenvalue weighted by molar-refractivity contribution is 7.11. The molecule has 0 spiro atoms. The van der Waals surface area contributed by atoms with E-state index in [9.17, 15) is 9.59 Å². The van der Waals surface area contributed by atoms with Crippen LogP contribution in [-0.4, -0.2) is 41.5 Å². The molecular formula is C17H24N2O3S. The number of likely N-dealkylation sites (tertiary alicyclic amines) is 1. The summed E-state index contributed by atoms with van der Waals surface area (Å²) in [5.41, 5.74) is 1.18. The minimum absolute atomic E-state index is 0.0447. The number of ether oxygens (including phenoxy) is 1. The van der Waals surface area contributed by atoms with Crippen LogP contribution in [0.1, 0.15) is 41.8 Å². The number of aryl methyl sites for hydroxylation is 2. The van der Waals surface area contributed by atoms with E-state index in [-0.39, 0.29) is 23.7 Å². The highest BCUT2D eigenvalue weighted by Gasteiger charge is 2.34. The van der Waals surface area contributed by atoms with E-state index in [1.165, 1.54) is 10.6 Å². The third-order valence-corrected chi connectivity index (χ3v) is 5.78. The molecule has 1 aliphatic heterocycles. The molecule has 1 aromatic heterocycles. The fourth-order valence-corrected chi connectivity index (χ4v) is 4.67. The summed E-state index contributed by atoms with van der Waals surface area (Å²) in [6.07, 6.45) is 4.28. The van der Waals surface area contributed by atoms with E-state index in [1.54, 1.807) is 11.3 Å². The molecule has 3 rings (SSSR count). The van der Waals surface area contributed by atoms with Gasteiger partial charge in [0.2, 0.25) is 5.91 Å². The van der Waals surface area contributed by atoms with Crippen LogP contribution in [0.3, 0.4) is 0 Å². The molecule has 5 nitrogen and oxygen atoms in total. The Morgan fingerprint density at radius 1 is 1.35 bits per heavy atom. The Balaban J connectivity index is 1.63. The zero-order valence-corrected chi connectivity index (χ0v) is 14.7. The molecule has 1 amide bonds. The number of carbonyl (C=O) groups excluding carboxylic acids is 2. The van der Waals surface area contributed by atoms with Gasteiger partial charge >= 0.3 is 5.97 Å². The van der Waals surface area contributed by atoms with Gasteiger partial charge < -0.3 is 9.64 Å². The Bertz CT molecular complexity index is 599. The van der Waals surface area contributed by atoms with Gasteiger partial charge in [-0.15, -0.1) is 11.3 Å². The zero-order chi connectivity index (χ0) is 16.4. The first kappa shape index (κ1) is 16.4. The highest BCUT2D eigenvalue weighted by atomic mass is 32.1. The van der Waals surface area contributed by atoms with Gasteiger partial charge in [0.15, 0.2) is 0 Å².